The van der Waals surface area contributed by atoms with E-state index in [1.165, 1.54) is 35.0 Å². The Bertz CT molecular complexity index is 1350. The van der Waals surface area contributed by atoms with Gasteiger partial charge in [-0.3, -0.25) is 9.47 Å². The molecule has 8 nitrogen and oxygen atoms in total. The third-order valence-corrected chi connectivity index (χ3v) is 5.39. The molecule has 12 heteroatoms. The van der Waals surface area contributed by atoms with Gasteiger partial charge in [0.1, 0.15) is 30.0 Å². The molecule has 36 heavy (non-hydrogen) atoms. The molecule has 1 aliphatic rings. The predicted octanol–water partition coefficient (Wildman–Crippen LogP) is 4.10. The Morgan fingerprint density at radius 1 is 1.22 bits per heavy atom. The quantitative estimate of drug-likeness (QED) is 0.467. The lowest BCUT2D eigenvalue weighted by molar-refractivity contribution is -0.140. The number of aromatic nitrogens is 2. The highest BCUT2D eigenvalue weighted by Crippen LogP contribution is 2.35. The third-order valence-electron chi connectivity index (χ3n) is 5.39. The van der Waals surface area contributed by atoms with Crippen LogP contribution in [0.4, 0.5) is 17.6 Å². The molecule has 4 rings (SSSR count). The van der Waals surface area contributed by atoms with Crippen LogP contribution in [0.5, 0.6) is 17.4 Å². The van der Waals surface area contributed by atoms with Gasteiger partial charge in [-0.15, -0.1) is 0 Å². The van der Waals surface area contributed by atoms with E-state index in [9.17, 15) is 27.6 Å². The van der Waals surface area contributed by atoms with Crippen LogP contribution in [-0.2, 0) is 17.5 Å². The maximum atomic E-state index is 13.5. The molecule has 0 aliphatic carbocycles. The van der Waals surface area contributed by atoms with Crippen molar-refractivity contribution in [3.8, 4) is 23.4 Å². The van der Waals surface area contributed by atoms with Crippen LogP contribution in [0.2, 0.25) is 0 Å². The number of benzene rings is 2. The fourth-order valence-corrected chi connectivity index (χ4v) is 3.53. The third kappa shape index (κ3) is 5.81. The Balaban J connectivity index is 1.45. The number of ether oxygens (including phenoxy) is 3. The van der Waals surface area contributed by atoms with Gasteiger partial charge < -0.3 is 14.2 Å². The van der Waals surface area contributed by atoms with Crippen LogP contribution in [0.15, 0.2) is 53.5 Å². The number of hydrogen-bond donors (Lipinski definition) is 0. The summed E-state index contributed by atoms with van der Waals surface area (Å²) in [6, 6.07) is 9.98. The van der Waals surface area contributed by atoms with Gasteiger partial charge in [0.25, 0.3) is 0 Å². The van der Waals surface area contributed by atoms with Crippen molar-refractivity contribution in [2.75, 3.05) is 26.7 Å². The van der Waals surface area contributed by atoms with E-state index in [0.29, 0.717) is 30.8 Å². The normalized spacial score (nSPS) is 16.4. The minimum atomic E-state index is -4.89. The minimum absolute atomic E-state index is 0.0147. The summed E-state index contributed by atoms with van der Waals surface area (Å²) in [5.41, 5.74) is -1.46. The summed E-state index contributed by atoms with van der Waals surface area (Å²) < 4.78 is 70.3. The second-order valence-electron chi connectivity index (χ2n) is 8.02. The van der Waals surface area contributed by atoms with Crippen LogP contribution in [0.3, 0.4) is 0 Å². The highest BCUT2D eigenvalue weighted by atomic mass is 19.4. The van der Waals surface area contributed by atoms with Gasteiger partial charge in [0, 0.05) is 25.4 Å². The van der Waals surface area contributed by atoms with E-state index < -0.39 is 29.5 Å². The van der Waals surface area contributed by atoms with Crippen molar-refractivity contribution in [2.45, 2.75) is 19.0 Å². The van der Waals surface area contributed by atoms with E-state index in [1.807, 2.05) is 18.0 Å². The van der Waals surface area contributed by atoms with Gasteiger partial charge in [0.2, 0.25) is 5.88 Å². The molecule has 0 spiro atoms. The lowest BCUT2D eigenvalue weighted by Gasteiger charge is -2.30. The van der Waals surface area contributed by atoms with Crippen molar-refractivity contribution in [1.82, 2.24) is 14.5 Å². The van der Waals surface area contributed by atoms with Crippen molar-refractivity contribution in [3.05, 3.63) is 81.7 Å². The molecule has 1 unspecified atom stereocenters. The van der Waals surface area contributed by atoms with Crippen molar-refractivity contribution in [1.29, 1.82) is 5.26 Å². The largest absolute Gasteiger partial charge is 0.473 e. The molecule has 1 saturated heterocycles. The molecule has 1 atom stereocenters. The number of morpholine rings is 1. The summed E-state index contributed by atoms with van der Waals surface area (Å²) in [4.78, 5) is 18.4. The van der Waals surface area contributed by atoms with Crippen molar-refractivity contribution >= 4 is 0 Å². The molecule has 2 aromatic carbocycles. The summed E-state index contributed by atoms with van der Waals surface area (Å²) in [6.07, 6.45) is -3.81. The maximum absolute atomic E-state index is 13.5. The molecule has 0 radical (unpaired) electrons. The smallest absolute Gasteiger partial charge is 0.419 e. The number of halogens is 4. The number of hydrogen-bond acceptors (Lipinski definition) is 7. The lowest BCUT2D eigenvalue weighted by Crippen LogP contribution is -2.41. The molecule has 0 amide bonds. The molecule has 0 bridgehead atoms. The first kappa shape index (κ1) is 25.2. The molecule has 1 fully saturated rings. The van der Waals surface area contributed by atoms with Crippen LogP contribution in [0.25, 0.3) is 0 Å². The van der Waals surface area contributed by atoms with Gasteiger partial charge in [0.15, 0.2) is 6.23 Å². The van der Waals surface area contributed by atoms with Crippen LogP contribution in [0, 0.1) is 17.1 Å². The summed E-state index contributed by atoms with van der Waals surface area (Å²) in [6.45, 7) is 1.77. The average Bonchev–Trinajstić information content (AvgIpc) is 2.84. The van der Waals surface area contributed by atoms with Gasteiger partial charge in [-0.05, 0) is 42.9 Å². The fourth-order valence-electron chi connectivity index (χ4n) is 3.53. The van der Waals surface area contributed by atoms with E-state index >= 15 is 0 Å². The average molecular weight is 504 g/mol. The van der Waals surface area contributed by atoms with Crippen molar-refractivity contribution in [2.24, 2.45) is 0 Å². The second kappa shape index (κ2) is 10.3. The highest BCUT2D eigenvalue weighted by Gasteiger charge is 2.34. The first-order valence-corrected chi connectivity index (χ1v) is 10.7. The van der Waals surface area contributed by atoms with E-state index in [4.69, 9.17) is 14.2 Å². The standard InChI is InChI=1S/C24H20F4N4O4/c1-31-8-9-34-22(13-31)32-7-6-21(30-23(32)33)35-14-15-2-5-20(16(10-15)12-29)36-17-3-4-19(25)18(11-17)24(26,27)28/h2-7,10-11,22H,8-9,13-14H2,1H3. The number of alkyl halides is 3. The van der Waals surface area contributed by atoms with Gasteiger partial charge in [-0.2, -0.15) is 23.4 Å². The Labute approximate surface area is 202 Å². The molecule has 3 aromatic rings. The monoisotopic (exact) mass is 504 g/mol. The van der Waals surface area contributed by atoms with Crippen LogP contribution < -0.4 is 15.2 Å². The number of nitriles is 1. The van der Waals surface area contributed by atoms with Gasteiger partial charge in [0.05, 0.1) is 17.7 Å². The van der Waals surface area contributed by atoms with E-state index in [0.717, 1.165) is 12.6 Å². The summed E-state index contributed by atoms with van der Waals surface area (Å²) in [5, 5.41) is 9.46. The molecule has 2 heterocycles. The highest BCUT2D eigenvalue weighted by molar-refractivity contribution is 5.48. The zero-order valence-electron chi connectivity index (χ0n) is 19.0. The molecular weight excluding hydrogens is 484 g/mol. The van der Waals surface area contributed by atoms with Gasteiger partial charge in [-0.25, -0.2) is 9.18 Å². The fraction of sp³-hybridized carbons (Fsp3) is 0.292. The Morgan fingerprint density at radius 2 is 2.03 bits per heavy atom. The van der Waals surface area contributed by atoms with E-state index in [1.54, 1.807) is 0 Å². The molecule has 188 valence electrons. The Hall–Kier alpha value is -3.95. The molecule has 0 saturated carbocycles. The zero-order chi connectivity index (χ0) is 25.9. The summed E-state index contributed by atoms with van der Waals surface area (Å²) in [5.74, 6) is -1.64. The Kier molecular flexibility index (Phi) is 7.23. The topological polar surface area (TPSA) is 89.6 Å². The van der Waals surface area contributed by atoms with Crippen molar-refractivity contribution < 1.29 is 31.8 Å². The second-order valence-corrected chi connectivity index (χ2v) is 8.02. The first-order chi connectivity index (χ1) is 17.1. The molecular formula is C24H20F4N4O4. The molecule has 1 aromatic heterocycles. The Morgan fingerprint density at radius 3 is 2.72 bits per heavy atom. The molecule has 0 N–H and O–H groups in total. The van der Waals surface area contributed by atoms with Crippen molar-refractivity contribution in [3.63, 3.8) is 0 Å². The van der Waals surface area contributed by atoms with Crippen LogP contribution in [0.1, 0.15) is 22.9 Å². The van der Waals surface area contributed by atoms with E-state index in [2.05, 4.69) is 4.98 Å². The SMILES string of the molecule is CN1CCOC(n2ccc(OCc3ccc(Oc4ccc(F)c(C(F)(F)F)c4)c(C#N)c3)nc2=O)C1. The lowest BCUT2D eigenvalue weighted by atomic mass is 10.1. The summed E-state index contributed by atoms with van der Waals surface area (Å²) >= 11 is 0. The first-order valence-electron chi connectivity index (χ1n) is 10.7. The van der Waals surface area contributed by atoms with Crippen LogP contribution in [-0.4, -0.2) is 41.2 Å². The molecule has 1 aliphatic heterocycles. The maximum Gasteiger partial charge on any atom is 0.419 e. The van der Waals surface area contributed by atoms with Gasteiger partial charge in [-0.1, -0.05) is 6.07 Å². The number of likely N-dealkylation sites (N-methyl/N-ethyl adjacent to an activating group) is 1. The number of nitrogens with zero attached hydrogens (tertiary/aromatic N) is 4. The van der Waals surface area contributed by atoms with Gasteiger partial charge >= 0.3 is 11.9 Å². The predicted molar refractivity (Wildman–Crippen MR) is 118 cm³/mol. The zero-order valence-corrected chi connectivity index (χ0v) is 19.0. The number of rotatable bonds is 6. The summed E-state index contributed by atoms with van der Waals surface area (Å²) in [7, 11) is 1.93. The minimum Gasteiger partial charge on any atom is -0.473 e. The van der Waals surface area contributed by atoms with E-state index in [-0.39, 0.29) is 29.5 Å². The van der Waals surface area contributed by atoms with Crippen LogP contribution >= 0.6 is 0 Å².